The molecule has 0 aromatic heterocycles. The van der Waals surface area contributed by atoms with Gasteiger partial charge in [0.25, 0.3) is 0 Å². The molecule has 1 aromatic rings. The maximum absolute atomic E-state index is 12.6. The van der Waals surface area contributed by atoms with Crippen molar-refractivity contribution < 1.29 is 18.3 Å². The predicted molar refractivity (Wildman–Crippen MR) is 42.4 cm³/mol. The molecule has 0 amide bonds. The van der Waals surface area contributed by atoms with E-state index in [4.69, 9.17) is 5.11 Å². The van der Waals surface area contributed by atoms with Crippen molar-refractivity contribution in [1.29, 1.82) is 0 Å². The van der Waals surface area contributed by atoms with Gasteiger partial charge in [0.1, 0.15) is 0 Å². The van der Waals surface area contributed by atoms with Gasteiger partial charge in [0.15, 0.2) is 17.5 Å². The van der Waals surface area contributed by atoms with Gasteiger partial charge in [0, 0.05) is 0 Å². The third-order valence-corrected chi connectivity index (χ3v) is 1.42. The first-order valence-electron chi connectivity index (χ1n) is 3.57. The zero-order chi connectivity index (χ0) is 9.84. The highest BCUT2D eigenvalue weighted by Crippen LogP contribution is 2.14. The number of aliphatic hydroxyl groups excluding tert-OH is 1. The van der Waals surface area contributed by atoms with Gasteiger partial charge < -0.3 is 5.11 Å². The number of rotatable bonds is 2. The first kappa shape index (κ1) is 9.80. The number of hydrogen-bond donors (Lipinski definition) is 1. The Morgan fingerprint density at radius 2 is 1.69 bits per heavy atom. The molecule has 0 radical (unpaired) electrons. The second-order valence-corrected chi connectivity index (χ2v) is 2.38. The summed E-state index contributed by atoms with van der Waals surface area (Å²) in [6.45, 7) is -0.236. The van der Waals surface area contributed by atoms with Crippen molar-refractivity contribution in [3.8, 4) is 0 Å². The van der Waals surface area contributed by atoms with E-state index in [1.54, 1.807) is 0 Å². The lowest BCUT2D eigenvalue weighted by Gasteiger charge is -1.97. The van der Waals surface area contributed by atoms with Crippen molar-refractivity contribution in [2.45, 2.75) is 0 Å². The van der Waals surface area contributed by atoms with Gasteiger partial charge in [-0.2, -0.15) is 0 Å². The van der Waals surface area contributed by atoms with Gasteiger partial charge in [-0.25, -0.2) is 13.2 Å². The number of aliphatic hydroxyl groups is 1. The summed E-state index contributed by atoms with van der Waals surface area (Å²) in [6, 6.07) is 1.70. The maximum Gasteiger partial charge on any atom is 0.194 e. The second kappa shape index (κ2) is 4.09. The van der Waals surface area contributed by atoms with Gasteiger partial charge in [-0.15, -0.1) is 0 Å². The molecule has 70 valence electrons. The molecule has 0 aliphatic rings. The number of halogens is 3. The molecule has 0 saturated heterocycles. The summed E-state index contributed by atoms with van der Waals surface area (Å²) < 4.78 is 37.5. The Morgan fingerprint density at radius 1 is 1.15 bits per heavy atom. The Labute approximate surface area is 73.1 Å². The Morgan fingerprint density at radius 3 is 2.15 bits per heavy atom. The van der Waals surface area contributed by atoms with E-state index in [0.717, 1.165) is 12.1 Å². The molecule has 4 heteroatoms. The summed E-state index contributed by atoms with van der Waals surface area (Å²) in [5.74, 6) is -3.96. The molecule has 0 atom stereocenters. The summed E-state index contributed by atoms with van der Waals surface area (Å²) >= 11 is 0. The quantitative estimate of drug-likeness (QED) is 0.704. The Kier molecular flexibility index (Phi) is 3.08. The van der Waals surface area contributed by atoms with Crippen LogP contribution in [0.15, 0.2) is 18.2 Å². The van der Waals surface area contributed by atoms with Crippen LogP contribution in [0.2, 0.25) is 0 Å². The minimum atomic E-state index is -1.49. The molecule has 1 nitrogen and oxygen atoms in total. The van der Waals surface area contributed by atoms with E-state index in [-0.39, 0.29) is 12.2 Å². The minimum Gasteiger partial charge on any atom is -0.392 e. The monoisotopic (exact) mass is 188 g/mol. The van der Waals surface area contributed by atoms with E-state index in [1.807, 2.05) is 0 Å². The first-order valence-corrected chi connectivity index (χ1v) is 3.57. The molecule has 0 aliphatic heterocycles. The molecule has 0 heterocycles. The van der Waals surface area contributed by atoms with Crippen LogP contribution in [0.25, 0.3) is 6.08 Å². The molecule has 0 spiro atoms. The lowest BCUT2D eigenvalue weighted by molar-refractivity contribution is 0.343. The number of hydrogen-bond acceptors (Lipinski definition) is 1. The average molecular weight is 188 g/mol. The van der Waals surface area contributed by atoms with Crippen LogP contribution >= 0.6 is 0 Å². The standard InChI is InChI=1S/C9H7F3O/c10-7-4-6(2-1-3-13)5-8(11)9(7)12/h1-2,4-5,13H,3H2. The molecular formula is C9H7F3O. The highest BCUT2D eigenvalue weighted by atomic mass is 19.2. The van der Waals surface area contributed by atoms with E-state index in [9.17, 15) is 13.2 Å². The van der Waals surface area contributed by atoms with Crippen LogP contribution in [0.1, 0.15) is 5.56 Å². The van der Waals surface area contributed by atoms with Crippen LogP contribution in [0.3, 0.4) is 0 Å². The molecule has 1 aromatic carbocycles. The molecule has 0 saturated carbocycles. The molecule has 0 bridgehead atoms. The summed E-state index contributed by atoms with van der Waals surface area (Å²) in [5.41, 5.74) is 0.172. The Bertz CT molecular complexity index is 311. The highest BCUT2D eigenvalue weighted by molar-refractivity contribution is 5.49. The van der Waals surface area contributed by atoms with E-state index < -0.39 is 17.5 Å². The van der Waals surface area contributed by atoms with Crippen LogP contribution in [0.5, 0.6) is 0 Å². The summed E-state index contributed by atoms with van der Waals surface area (Å²) in [6.07, 6.45) is 2.59. The molecular weight excluding hydrogens is 181 g/mol. The van der Waals surface area contributed by atoms with Crippen LogP contribution in [-0.2, 0) is 0 Å². The van der Waals surface area contributed by atoms with Crippen LogP contribution in [0, 0.1) is 17.5 Å². The SMILES string of the molecule is OCC=Cc1cc(F)c(F)c(F)c1. The molecule has 13 heavy (non-hydrogen) atoms. The fourth-order valence-corrected chi connectivity index (χ4v) is 0.860. The van der Waals surface area contributed by atoms with Crippen molar-refractivity contribution in [1.82, 2.24) is 0 Å². The van der Waals surface area contributed by atoms with Crippen molar-refractivity contribution in [2.75, 3.05) is 6.61 Å². The maximum atomic E-state index is 12.6. The van der Waals surface area contributed by atoms with Crippen molar-refractivity contribution in [3.05, 3.63) is 41.2 Å². The molecule has 0 unspecified atom stereocenters. The highest BCUT2D eigenvalue weighted by Gasteiger charge is 2.08. The topological polar surface area (TPSA) is 20.2 Å². The van der Waals surface area contributed by atoms with Crippen molar-refractivity contribution >= 4 is 6.08 Å². The van der Waals surface area contributed by atoms with Crippen LogP contribution < -0.4 is 0 Å². The van der Waals surface area contributed by atoms with Crippen molar-refractivity contribution in [2.24, 2.45) is 0 Å². The smallest absolute Gasteiger partial charge is 0.194 e. The zero-order valence-corrected chi connectivity index (χ0v) is 6.60. The van der Waals surface area contributed by atoms with Gasteiger partial charge in [-0.3, -0.25) is 0 Å². The third kappa shape index (κ3) is 2.32. The number of benzene rings is 1. The zero-order valence-electron chi connectivity index (χ0n) is 6.60. The van der Waals surface area contributed by atoms with Gasteiger partial charge in [-0.1, -0.05) is 12.2 Å². The fourth-order valence-electron chi connectivity index (χ4n) is 0.860. The molecule has 1 N–H and O–H groups in total. The van der Waals surface area contributed by atoms with E-state index >= 15 is 0 Å². The third-order valence-electron chi connectivity index (χ3n) is 1.42. The lowest BCUT2D eigenvalue weighted by atomic mass is 10.2. The summed E-state index contributed by atoms with van der Waals surface area (Å²) in [7, 11) is 0. The average Bonchev–Trinajstić information content (AvgIpc) is 2.10. The molecule has 0 fully saturated rings. The Hall–Kier alpha value is -1.29. The second-order valence-electron chi connectivity index (χ2n) is 2.38. The van der Waals surface area contributed by atoms with Gasteiger partial charge in [0.2, 0.25) is 0 Å². The molecule has 1 rings (SSSR count). The summed E-state index contributed by atoms with van der Waals surface area (Å²) in [4.78, 5) is 0. The van der Waals surface area contributed by atoms with Gasteiger partial charge >= 0.3 is 0 Å². The molecule has 0 aliphatic carbocycles. The minimum absolute atomic E-state index is 0.172. The predicted octanol–water partition coefficient (Wildman–Crippen LogP) is 2.11. The van der Waals surface area contributed by atoms with E-state index in [2.05, 4.69) is 0 Å². The lowest BCUT2D eigenvalue weighted by Crippen LogP contribution is -1.91. The van der Waals surface area contributed by atoms with E-state index in [1.165, 1.54) is 12.2 Å². The fraction of sp³-hybridized carbons (Fsp3) is 0.111. The van der Waals surface area contributed by atoms with E-state index in [0.29, 0.717) is 0 Å². The Balaban J connectivity index is 3.06. The normalized spacial score (nSPS) is 11.1. The van der Waals surface area contributed by atoms with Crippen molar-refractivity contribution in [3.63, 3.8) is 0 Å². The van der Waals surface area contributed by atoms with Gasteiger partial charge in [-0.05, 0) is 17.7 Å². The van der Waals surface area contributed by atoms with Crippen LogP contribution in [0.4, 0.5) is 13.2 Å². The summed E-state index contributed by atoms with van der Waals surface area (Å²) in [5, 5.41) is 8.37. The first-order chi connectivity index (χ1) is 6.15. The largest absolute Gasteiger partial charge is 0.392 e. The van der Waals surface area contributed by atoms with Crippen LogP contribution in [-0.4, -0.2) is 11.7 Å². The van der Waals surface area contributed by atoms with Gasteiger partial charge in [0.05, 0.1) is 6.61 Å².